The summed E-state index contributed by atoms with van der Waals surface area (Å²) in [6.07, 6.45) is 6.61. The lowest BCUT2D eigenvalue weighted by Gasteiger charge is -2.33. The van der Waals surface area contributed by atoms with Crippen molar-refractivity contribution in [3.8, 4) is 17.0 Å². The number of pyridine rings is 1. The van der Waals surface area contributed by atoms with Crippen LogP contribution in [0, 0.1) is 0 Å². The standard InChI is InChI=1S/C25H26N4O3/c1-31-22-15-19(32-28-22)8-9-23(30)29-14-4-5-18(16-29)25-24(17-10-12-26-13-11-17)20-6-2-3-7-21(20)27-25/h2-3,6-7,10-13,15,18,27H,4-5,8-9,14,16H2,1H3/t18-/m1/s1. The molecule has 1 aliphatic rings. The SMILES string of the molecule is COc1cc(CCC(=O)N2CCC[C@@H](c3[nH]c4ccccc4c3-c3ccncc3)C2)on1. The van der Waals surface area contributed by atoms with E-state index in [9.17, 15) is 4.79 Å². The molecule has 0 spiro atoms. The third-order valence-electron chi connectivity index (χ3n) is 6.22. The van der Waals surface area contributed by atoms with Crippen LogP contribution < -0.4 is 4.74 Å². The molecule has 3 aromatic heterocycles. The summed E-state index contributed by atoms with van der Waals surface area (Å²) < 4.78 is 10.3. The van der Waals surface area contributed by atoms with Gasteiger partial charge in [0.05, 0.1) is 7.11 Å². The Hall–Kier alpha value is -3.61. The van der Waals surface area contributed by atoms with Gasteiger partial charge in [0.1, 0.15) is 5.76 Å². The van der Waals surface area contributed by atoms with Crippen LogP contribution in [0.2, 0.25) is 0 Å². The molecule has 1 amide bonds. The Kier molecular flexibility index (Phi) is 5.62. The lowest BCUT2D eigenvalue weighted by molar-refractivity contribution is -0.132. The van der Waals surface area contributed by atoms with Crippen molar-refractivity contribution in [2.45, 2.75) is 31.6 Å². The predicted octanol–water partition coefficient (Wildman–Crippen LogP) is 4.57. The number of aromatic nitrogens is 3. The number of para-hydroxylation sites is 1. The van der Waals surface area contributed by atoms with Gasteiger partial charge in [0.2, 0.25) is 5.91 Å². The summed E-state index contributed by atoms with van der Waals surface area (Å²) in [5, 5.41) is 5.01. The number of likely N-dealkylation sites (tertiary alicyclic amines) is 1. The summed E-state index contributed by atoms with van der Waals surface area (Å²) in [7, 11) is 1.55. The number of amides is 1. The van der Waals surface area contributed by atoms with Crippen LogP contribution in [-0.4, -0.2) is 46.1 Å². The Morgan fingerprint density at radius 2 is 2.09 bits per heavy atom. The number of methoxy groups -OCH3 is 1. The molecule has 1 aliphatic heterocycles. The minimum Gasteiger partial charge on any atom is -0.479 e. The summed E-state index contributed by atoms with van der Waals surface area (Å²) in [5.74, 6) is 1.51. The van der Waals surface area contributed by atoms with Crippen LogP contribution in [0.25, 0.3) is 22.0 Å². The number of piperidine rings is 1. The van der Waals surface area contributed by atoms with Gasteiger partial charge in [-0.15, -0.1) is 0 Å². The molecule has 0 saturated carbocycles. The van der Waals surface area contributed by atoms with Crippen molar-refractivity contribution < 1.29 is 14.1 Å². The molecule has 0 aliphatic carbocycles. The average Bonchev–Trinajstić information content (AvgIpc) is 3.47. The number of rotatable bonds is 6. The van der Waals surface area contributed by atoms with E-state index >= 15 is 0 Å². The van der Waals surface area contributed by atoms with Crippen LogP contribution in [0.15, 0.2) is 59.4 Å². The van der Waals surface area contributed by atoms with Gasteiger partial charge in [-0.25, -0.2) is 0 Å². The normalized spacial score (nSPS) is 16.4. The van der Waals surface area contributed by atoms with E-state index in [1.165, 1.54) is 16.6 Å². The number of H-pyrrole nitrogens is 1. The fourth-order valence-corrected chi connectivity index (χ4v) is 4.63. The molecule has 1 N–H and O–H groups in total. The summed E-state index contributed by atoms with van der Waals surface area (Å²) in [6, 6.07) is 14.2. The van der Waals surface area contributed by atoms with E-state index < -0.39 is 0 Å². The minimum atomic E-state index is 0.145. The van der Waals surface area contributed by atoms with E-state index in [1.807, 2.05) is 23.4 Å². The molecule has 7 nitrogen and oxygen atoms in total. The number of carbonyl (C=O) groups is 1. The first-order chi connectivity index (χ1) is 15.7. The van der Waals surface area contributed by atoms with Crippen LogP contribution in [0.3, 0.4) is 0 Å². The van der Waals surface area contributed by atoms with Crippen molar-refractivity contribution in [3.05, 3.63) is 66.3 Å². The lowest BCUT2D eigenvalue weighted by atomic mass is 9.89. The van der Waals surface area contributed by atoms with Crippen LogP contribution in [-0.2, 0) is 11.2 Å². The average molecular weight is 431 g/mol. The van der Waals surface area contributed by atoms with Gasteiger partial charge >= 0.3 is 0 Å². The lowest BCUT2D eigenvalue weighted by Crippen LogP contribution is -2.39. The Bertz CT molecular complexity index is 1210. The second-order valence-corrected chi connectivity index (χ2v) is 8.21. The first-order valence-electron chi connectivity index (χ1n) is 11.0. The Morgan fingerprint density at radius 1 is 1.25 bits per heavy atom. The number of carbonyl (C=O) groups excluding carboxylic acids is 1. The zero-order chi connectivity index (χ0) is 21.9. The molecule has 1 fully saturated rings. The first-order valence-corrected chi connectivity index (χ1v) is 11.0. The summed E-state index contributed by atoms with van der Waals surface area (Å²) in [5.41, 5.74) is 4.69. The highest BCUT2D eigenvalue weighted by Gasteiger charge is 2.28. The Balaban J connectivity index is 1.37. The third kappa shape index (κ3) is 3.98. The van der Waals surface area contributed by atoms with Crippen molar-refractivity contribution in [3.63, 3.8) is 0 Å². The highest BCUT2D eigenvalue weighted by Crippen LogP contribution is 2.39. The number of nitrogens with zero attached hydrogens (tertiary/aromatic N) is 3. The molecular weight excluding hydrogens is 404 g/mol. The Labute approximate surface area is 186 Å². The summed E-state index contributed by atoms with van der Waals surface area (Å²) >= 11 is 0. The first kappa shape index (κ1) is 20.3. The number of benzene rings is 1. The molecule has 1 atom stereocenters. The van der Waals surface area contributed by atoms with Crippen molar-refractivity contribution in [2.24, 2.45) is 0 Å². The van der Waals surface area contributed by atoms with Crippen molar-refractivity contribution >= 4 is 16.8 Å². The number of hydrogen-bond donors (Lipinski definition) is 1. The van der Waals surface area contributed by atoms with Crippen LogP contribution in [0.1, 0.15) is 36.6 Å². The molecule has 4 aromatic rings. The second kappa shape index (κ2) is 8.86. The van der Waals surface area contributed by atoms with Gasteiger partial charge in [-0.1, -0.05) is 18.2 Å². The quantitative estimate of drug-likeness (QED) is 0.485. The molecule has 0 unspecified atom stereocenters. The highest BCUT2D eigenvalue weighted by atomic mass is 16.5. The van der Waals surface area contributed by atoms with Gasteiger partial charge in [0.15, 0.2) is 0 Å². The van der Waals surface area contributed by atoms with E-state index in [1.54, 1.807) is 13.2 Å². The largest absolute Gasteiger partial charge is 0.479 e. The van der Waals surface area contributed by atoms with E-state index in [0.29, 0.717) is 31.0 Å². The number of aryl methyl sites for hydroxylation is 1. The maximum Gasteiger partial charge on any atom is 0.254 e. The number of hydrogen-bond acceptors (Lipinski definition) is 5. The highest BCUT2D eigenvalue weighted by molar-refractivity contribution is 5.97. The van der Waals surface area contributed by atoms with Gasteiger partial charge in [-0.3, -0.25) is 9.78 Å². The molecular formula is C25H26N4O3. The van der Waals surface area contributed by atoms with Crippen molar-refractivity contribution in [1.82, 2.24) is 20.0 Å². The zero-order valence-electron chi connectivity index (χ0n) is 18.1. The molecule has 7 heteroatoms. The third-order valence-corrected chi connectivity index (χ3v) is 6.22. The predicted molar refractivity (Wildman–Crippen MR) is 121 cm³/mol. The van der Waals surface area contributed by atoms with E-state index in [2.05, 4.69) is 45.5 Å². The van der Waals surface area contributed by atoms with Gasteiger partial charge in [-0.2, -0.15) is 0 Å². The molecule has 164 valence electrons. The van der Waals surface area contributed by atoms with E-state index in [-0.39, 0.29) is 11.8 Å². The van der Waals surface area contributed by atoms with Gasteiger partial charge in [0.25, 0.3) is 5.88 Å². The molecule has 1 saturated heterocycles. The monoisotopic (exact) mass is 430 g/mol. The fraction of sp³-hybridized carbons (Fsp3) is 0.320. The molecule has 0 radical (unpaired) electrons. The smallest absolute Gasteiger partial charge is 0.254 e. The number of ether oxygens (including phenoxy) is 1. The second-order valence-electron chi connectivity index (χ2n) is 8.21. The number of nitrogens with one attached hydrogen (secondary N) is 1. The minimum absolute atomic E-state index is 0.145. The van der Waals surface area contributed by atoms with Crippen molar-refractivity contribution in [1.29, 1.82) is 0 Å². The number of fused-ring (bicyclic) bond motifs is 1. The van der Waals surface area contributed by atoms with Gasteiger partial charge in [0, 0.05) is 72.5 Å². The van der Waals surface area contributed by atoms with Gasteiger partial charge < -0.3 is 19.1 Å². The topological polar surface area (TPSA) is 84.2 Å². The summed E-state index contributed by atoms with van der Waals surface area (Å²) in [4.78, 5) is 22.8. The zero-order valence-corrected chi connectivity index (χ0v) is 18.1. The van der Waals surface area contributed by atoms with Crippen LogP contribution >= 0.6 is 0 Å². The maximum atomic E-state index is 13.0. The van der Waals surface area contributed by atoms with E-state index in [0.717, 1.165) is 30.5 Å². The number of aromatic amines is 1. The van der Waals surface area contributed by atoms with Gasteiger partial charge in [-0.05, 0) is 41.8 Å². The van der Waals surface area contributed by atoms with E-state index in [4.69, 9.17) is 9.26 Å². The summed E-state index contributed by atoms with van der Waals surface area (Å²) in [6.45, 7) is 1.50. The Morgan fingerprint density at radius 3 is 2.91 bits per heavy atom. The fourth-order valence-electron chi connectivity index (χ4n) is 4.63. The van der Waals surface area contributed by atoms with Crippen molar-refractivity contribution in [2.75, 3.05) is 20.2 Å². The maximum absolute atomic E-state index is 13.0. The molecule has 32 heavy (non-hydrogen) atoms. The molecule has 0 bridgehead atoms. The molecule has 1 aromatic carbocycles. The molecule has 5 rings (SSSR count). The molecule has 4 heterocycles. The van der Waals surface area contributed by atoms with Crippen LogP contribution in [0.4, 0.5) is 0 Å². The van der Waals surface area contributed by atoms with Crippen LogP contribution in [0.5, 0.6) is 5.88 Å².